The number of pyridine rings is 1. The van der Waals surface area contributed by atoms with E-state index in [2.05, 4.69) is 20.2 Å². The summed E-state index contributed by atoms with van der Waals surface area (Å²) in [5, 5.41) is 7.07. The minimum Gasteiger partial charge on any atom is -0.481 e. The Hall–Kier alpha value is -3.46. The van der Waals surface area contributed by atoms with Crippen molar-refractivity contribution >= 4 is 17.4 Å². The Morgan fingerprint density at radius 3 is 2.53 bits per heavy atom. The maximum Gasteiger partial charge on any atom is 0.262 e. The number of aryl methyl sites for hydroxylation is 2. The predicted molar refractivity (Wildman–Crippen MR) is 121 cm³/mol. The molecule has 1 aromatic carbocycles. The number of anilines is 2. The molecule has 168 valence electrons. The number of nitrogens with one attached hydrogen (secondary N) is 1. The van der Waals surface area contributed by atoms with Gasteiger partial charge < -0.3 is 15.0 Å². The first-order valence-corrected chi connectivity index (χ1v) is 10.5. The topological polar surface area (TPSA) is 75.5 Å². The first kappa shape index (κ1) is 21.8. The quantitative estimate of drug-likeness (QED) is 0.638. The molecule has 1 amide bonds. The van der Waals surface area contributed by atoms with E-state index >= 15 is 0 Å². The zero-order chi connectivity index (χ0) is 22.7. The van der Waals surface area contributed by atoms with Crippen molar-refractivity contribution in [2.75, 3.05) is 43.5 Å². The third-order valence-corrected chi connectivity index (χ3v) is 5.58. The van der Waals surface area contributed by atoms with Gasteiger partial charge in [0.15, 0.2) is 5.82 Å². The molecule has 0 bridgehead atoms. The molecule has 3 heterocycles. The normalized spacial score (nSPS) is 14.4. The van der Waals surface area contributed by atoms with E-state index in [1.807, 2.05) is 31.2 Å². The first-order chi connectivity index (χ1) is 15.4. The van der Waals surface area contributed by atoms with Crippen LogP contribution in [0.15, 0.2) is 42.6 Å². The molecule has 8 nitrogen and oxygen atoms in total. The van der Waals surface area contributed by atoms with E-state index < -0.39 is 0 Å². The third kappa shape index (κ3) is 4.72. The number of aromatic nitrogens is 3. The SMILES string of the molecule is COc1c(C(=O)Nc2ccc(C)nc2N2CCN(Cc3ccc(F)cc3)CC2)cnn1C. The Morgan fingerprint density at radius 1 is 1.12 bits per heavy atom. The third-order valence-electron chi connectivity index (χ3n) is 5.58. The Balaban J connectivity index is 1.45. The molecule has 2 aromatic heterocycles. The van der Waals surface area contributed by atoms with Crippen molar-refractivity contribution in [2.45, 2.75) is 13.5 Å². The summed E-state index contributed by atoms with van der Waals surface area (Å²) in [6.07, 6.45) is 1.49. The smallest absolute Gasteiger partial charge is 0.262 e. The molecule has 0 saturated carbocycles. The van der Waals surface area contributed by atoms with Gasteiger partial charge in [0.2, 0.25) is 5.88 Å². The number of carbonyl (C=O) groups is 1. The molecule has 0 radical (unpaired) electrons. The van der Waals surface area contributed by atoms with Crippen LogP contribution in [0.3, 0.4) is 0 Å². The minimum atomic E-state index is -0.295. The van der Waals surface area contributed by atoms with Gasteiger partial charge in [-0.3, -0.25) is 9.69 Å². The number of benzene rings is 1. The average Bonchev–Trinajstić information content (AvgIpc) is 3.17. The number of nitrogens with zero attached hydrogens (tertiary/aromatic N) is 5. The van der Waals surface area contributed by atoms with Gasteiger partial charge >= 0.3 is 0 Å². The standard InChI is InChI=1S/C23H27FN6O2/c1-16-4-9-20(27-22(31)19-14-25-28(2)23(19)32-3)21(26-16)30-12-10-29(11-13-30)15-17-5-7-18(24)8-6-17/h4-9,14H,10-13,15H2,1-3H3,(H,27,31). The van der Waals surface area contributed by atoms with Crippen LogP contribution in [-0.4, -0.2) is 58.9 Å². The van der Waals surface area contributed by atoms with E-state index in [9.17, 15) is 9.18 Å². The van der Waals surface area contributed by atoms with Crippen LogP contribution in [0.1, 0.15) is 21.6 Å². The van der Waals surface area contributed by atoms with E-state index in [4.69, 9.17) is 9.72 Å². The summed E-state index contributed by atoms with van der Waals surface area (Å²) in [5.74, 6) is 0.639. The van der Waals surface area contributed by atoms with Gasteiger partial charge in [-0.05, 0) is 36.8 Å². The monoisotopic (exact) mass is 438 g/mol. The maximum absolute atomic E-state index is 13.1. The van der Waals surface area contributed by atoms with Gasteiger partial charge in [0.05, 0.1) is 19.0 Å². The molecule has 0 unspecified atom stereocenters. The molecule has 0 spiro atoms. The van der Waals surface area contributed by atoms with Crippen molar-refractivity contribution in [1.29, 1.82) is 0 Å². The highest BCUT2D eigenvalue weighted by Gasteiger charge is 2.23. The highest BCUT2D eigenvalue weighted by Crippen LogP contribution is 2.27. The molecule has 3 aromatic rings. The van der Waals surface area contributed by atoms with Gasteiger partial charge in [0.1, 0.15) is 11.4 Å². The summed E-state index contributed by atoms with van der Waals surface area (Å²) in [7, 11) is 3.23. The summed E-state index contributed by atoms with van der Waals surface area (Å²) < 4.78 is 20.0. The number of hydrogen-bond donors (Lipinski definition) is 1. The van der Waals surface area contributed by atoms with Gasteiger partial charge in [-0.1, -0.05) is 12.1 Å². The molecule has 32 heavy (non-hydrogen) atoms. The molecular formula is C23H27FN6O2. The Labute approximate surface area is 186 Å². The van der Waals surface area contributed by atoms with Crippen LogP contribution in [0, 0.1) is 12.7 Å². The summed E-state index contributed by atoms with van der Waals surface area (Å²) >= 11 is 0. The molecule has 0 aliphatic carbocycles. The van der Waals surface area contributed by atoms with Crippen molar-refractivity contribution in [1.82, 2.24) is 19.7 Å². The molecule has 0 atom stereocenters. The Morgan fingerprint density at radius 2 is 1.84 bits per heavy atom. The first-order valence-electron chi connectivity index (χ1n) is 10.5. The molecule has 1 fully saturated rings. The highest BCUT2D eigenvalue weighted by molar-refractivity contribution is 6.07. The number of methoxy groups -OCH3 is 1. The number of halogens is 1. The molecule has 9 heteroatoms. The van der Waals surface area contributed by atoms with Crippen LogP contribution in [0.25, 0.3) is 0 Å². The van der Waals surface area contributed by atoms with Crippen molar-refractivity contribution in [3.8, 4) is 5.88 Å². The maximum atomic E-state index is 13.1. The summed E-state index contributed by atoms with van der Waals surface area (Å²) in [5.41, 5.74) is 2.99. The summed E-state index contributed by atoms with van der Waals surface area (Å²) in [6, 6.07) is 10.4. The number of piperazine rings is 1. The molecule has 4 rings (SSSR count). The van der Waals surface area contributed by atoms with Crippen molar-refractivity contribution in [3.05, 3.63) is 65.2 Å². The van der Waals surface area contributed by atoms with Gasteiger partial charge in [-0.15, -0.1) is 0 Å². The van der Waals surface area contributed by atoms with Crippen molar-refractivity contribution in [3.63, 3.8) is 0 Å². The fourth-order valence-corrected chi connectivity index (χ4v) is 3.86. The van der Waals surface area contributed by atoms with Crippen LogP contribution in [0.5, 0.6) is 5.88 Å². The lowest BCUT2D eigenvalue weighted by Gasteiger charge is -2.36. The lowest BCUT2D eigenvalue weighted by Crippen LogP contribution is -2.46. The molecule has 1 saturated heterocycles. The van der Waals surface area contributed by atoms with Crippen LogP contribution < -0.4 is 15.0 Å². The van der Waals surface area contributed by atoms with Gasteiger partial charge in [-0.2, -0.15) is 5.10 Å². The minimum absolute atomic E-state index is 0.220. The Bertz CT molecular complexity index is 1090. The molecule has 1 aliphatic heterocycles. The van der Waals surface area contributed by atoms with Crippen LogP contribution in [-0.2, 0) is 13.6 Å². The summed E-state index contributed by atoms with van der Waals surface area (Å²) in [4.78, 5) is 22.1. The van der Waals surface area contributed by atoms with Crippen LogP contribution >= 0.6 is 0 Å². The molecular weight excluding hydrogens is 411 g/mol. The van der Waals surface area contributed by atoms with Crippen molar-refractivity contribution in [2.24, 2.45) is 7.05 Å². The number of hydrogen-bond acceptors (Lipinski definition) is 6. The highest BCUT2D eigenvalue weighted by atomic mass is 19.1. The fourth-order valence-electron chi connectivity index (χ4n) is 3.86. The lowest BCUT2D eigenvalue weighted by molar-refractivity contribution is 0.102. The average molecular weight is 439 g/mol. The number of ether oxygens (including phenoxy) is 1. The number of rotatable bonds is 6. The second-order valence-corrected chi connectivity index (χ2v) is 7.86. The van der Waals surface area contributed by atoms with Gasteiger partial charge in [-0.25, -0.2) is 14.1 Å². The van der Waals surface area contributed by atoms with Gasteiger partial charge in [0.25, 0.3) is 5.91 Å². The largest absolute Gasteiger partial charge is 0.481 e. The van der Waals surface area contributed by atoms with E-state index in [1.54, 1.807) is 7.05 Å². The second kappa shape index (κ2) is 9.35. The zero-order valence-corrected chi connectivity index (χ0v) is 18.5. The fraction of sp³-hybridized carbons (Fsp3) is 0.348. The number of carbonyl (C=O) groups excluding carboxylic acids is 1. The van der Waals surface area contributed by atoms with Gasteiger partial charge in [0, 0.05) is 45.5 Å². The second-order valence-electron chi connectivity index (χ2n) is 7.86. The van der Waals surface area contributed by atoms with E-state index in [-0.39, 0.29) is 11.7 Å². The number of amides is 1. The van der Waals surface area contributed by atoms with Crippen molar-refractivity contribution < 1.29 is 13.9 Å². The van der Waals surface area contributed by atoms with E-state index in [0.29, 0.717) is 17.1 Å². The van der Waals surface area contributed by atoms with E-state index in [1.165, 1.54) is 30.1 Å². The molecule has 1 aliphatic rings. The summed E-state index contributed by atoms with van der Waals surface area (Å²) in [6.45, 7) is 5.95. The lowest BCUT2D eigenvalue weighted by atomic mass is 10.2. The molecule has 1 N–H and O–H groups in total. The van der Waals surface area contributed by atoms with Crippen LogP contribution in [0.2, 0.25) is 0 Å². The predicted octanol–water partition coefficient (Wildman–Crippen LogP) is 2.85. The van der Waals surface area contributed by atoms with Crippen LogP contribution in [0.4, 0.5) is 15.9 Å². The zero-order valence-electron chi connectivity index (χ0n) is 18.5. The van der Waals surface area contributed by atoms with E-state index in [0.717, 1.165) is 49.8 Å². The Kier molecular flexibility index (Phi) is 6.36.